The maximum Gasteiger partial charge on any atom is 0.0657 e. The number of hydrogen-bond acceptors (Lipinski definition) is 1. The van der Waals surface area contributed by atoms with Gasteiger partial charge in [0.25, 0.3) is 0 Å². The van der Waals surface area contributed by atoms with Gasteiger partial charge in [-0.25, -0.2) is 0 Å². The Balaban J connectivity index is 3.38. The topological polar surface area (TPSA) is 20.2 Å². The summed E-state index contributed by atoms with van der Waals surface area (Å²) in [6.07, 6.45) is 4.28. The number of halogens is 1. The first kappa shape index (κ1) is 10.7. The highest BCUT2D eigenvalue weighted by Crippen LogP contribution is 2.16. The molecule has 0 aliphatic heterocycles. The molecule has 10 heavy (non-hydrogen) atoms. The van der Waals surface area contributed by atoms with Gasteiger partial charge < -0.3 is 5.11 Å². The van der Waals surface area contributed by atoms with Crippen molar-refractivity contribution in [1.29, 1.82) is 0 Å². The summed E-state index contributed by atoms with van der Waals surface area (Å²) in [7, 11) is 0. The Morgan fingerprint density at radius 3 is 2.10 bits per heavy atom. The summed E-state index contributed by atoms with van der Waals surface area (Å²) in [6, 6.07) is 0. The third-order valence-electron chi connectivity index (χ3n) is 1.57. The van der Waals surface area contributed by atoms with Gasteiger partial charge in [-0.3, -0.25) is 0 Å². The SMILES string of the molecule is CCC[C@@H](O)[C@@H](I)CCC. The number of aliphatic hydroxyl groups is 1. The molecule has 2 heteroatoms. The molecule has 0 fully saturated rings. The van der Waals surface area contributed by atoms with Crippen LogP contribution in [0.25, 0.3) is 0 Å². The van der Waals surface area contributed by atoms with Gasteiger partial charge in [-0.2, -0.15) is 0 Å². The van der Waals surface area contributed by atoms with Gasteiger partial charge in [0.1, 0.15) is 0 Å². The Bertz CT molecular complexity index is 65.7. The minimum Gasteiger partial charge on any atom is -0.392 e. The lowest BCUT2D eigenvalue weighted by atomic mass is 10.1. The predicted octanol–water partition coefficient (Wildman–Crippen LogP) is 2.75. The van der Waals surface area contributed by atoms with E-state index in [1.807, 2.05) is 0 Å². The zero-order valence-corrected chi connectivity index (χ0v) is 8.97. The van der Waals surface area contributed by atoms with E-state index in [1.54, 1.807) is 0 Å². The summed E-state index contributed by atoms with van der Waals surface area (Å²) in [5, 5.41) is 9.44. The minimum absolute atomic E-state index is 0.0782. The van der Waals surface area contributed by atoms with Crippen LogP contribution in [0, 0.1) is 0 Å². The first-order chi connectivity index (χ1) is 4.72. The minimum atomic E-state index is -0.0782. The number of alkyl halides is 1. The summed E-state index contributed by atoms with van der Waals surface area (Å²) in [5.41, 5.74) is 0. The second-order valence-electron chi connectivity index (χ2n) is 2.66. The molecule has 0 aliphatic rings. The Labute approximate surface area is 77.3 Å². The summed E-state index contributed by atoms with van der Waals surface area (Å²) in [5.74, 6) is 0. The quantitative estimate of drug-likeness (QED) is 0.592. The smallest absolute Gasteiger partial charge is 0.0657 e. The normalized spacial score (nSPS) is 16.8. The van der Waals surface area contributed by atoms with Crippen LogP contribution in [-0.4, -0.2) is 15.1 Å². The largest absolute Gasteiger partial charge is 0.392 e. The van der Waals surface area contributed by atoms with E-state index >= 15 is 0 Å². The average molecular weight is 256 g/mol. The molecule has 0 amide bonds. The van der Waals surface area contributed by atoms with Crippen molar-refractivity contribution in [3.8, 4) is 0 Å². The fourth-order valence-corrected chi connectivity index (χ4v) is 1.93. The number of rotatable bonds is 5. The van der Waals surface area contributed by atoms with Crippen LogP contribution in [0.2, 0.25) is 0 Å². The molecule has 1 N–H and O–H groups in total. The highest BCUT2D eigenvalue weighted by Gasteiger charge is 2.12. The van der Waals surface area contributed by atoms with E-state index in [0.717, 1.165) is 19.3 Å². The van der Waals surface area contributed by atoms with Crippen molar-refractivity contribution < 1.29 is 5.11 Å². The summed E-state index contributed by atoms with van der Waals surface area (Å²) in [4.78, 5) is 0. The molecule has 62 valence electrons. The Morgan fingerprint density at radius 1 is 1.20 bits per heavy atom. The first-order valence-corrected chi connectivity index (χ1v) is 5.29. The third kappa shape index (κ3) is 4.50. The van der Waals surface area contributed by atoms with E-state index in [2.05, 4.69) is 36.4 Å². The van der Waals surface area contributed by atoms with Gasteiger partial charge >= 0.3 is 0 Å². The van der Waals surface area contributed by atoms with E-state index in [-0.39, 0.29) is 6.10 Å². The molecule has 0 heterocycles. The molecule has 0 unspecified atom stereocenters. The van der Waals surface area contributed by atoms with Gasteiger partial charge in [0.15, 0.2) is 0 Å². The third-order valence-corrected chi connectivity index (χ3v) is 3.02. The van der Waals surface area contributed by atoms with Crippen LogP contribution in [-0.2, 0) is 0 Å². The summed E-state index contributed by atoms with van der Waals surface area (Å²) >= 11 is 2.34. The Hall–Kier alpha value is 0.690. The molecule has 1 nitrogen and oxygen atoms in total. The van der Waals surface area contributed by atoms with Crippen LogP contribution in [0.15, 0.2) is 0 Å². The maximum absolute atomic E-state index is 9.44. The number of aliphatic hydroxyl groups excluding tert-OH is 1. The van der Waals surface area contributed by atoms with Crippen molar-refractivity contribution in [2.75, 3.05) is 0 Å². The average Bonchev–Trinajstić information content (AvgIpc) is 1.89. The molecule has 0 aromatic heterocycles. The highest BCUT2D eigenvalue weighted by molar-refractivity contribution is 14.1. The molecule has 0 aromatic carbocycles. The van der Waals surface area contributed by atoms with Crippen molar-refractivity contribution in [1.82, 2.24) is 0 Å². The van der Waals surface area contributed by atoms with Crippen molar-refractivity contribution in [3.05, 3.63) is 0 Å². The zero-order valence-electron chi connectivity index (χ0n) is 6.81. The monoisotopic (exact) mass is 256 g/mol. The standard InChI is InChI=1S/C8H17IO/c1-3-5-7(9)8(10)6-4-2/h7-8,10H,3-6H2,1-2H3/t7-,8+/m0/s1. The lowest BCUT2D eigenvalue weighted by molar-refractivity contribution is 0.161. The molecule has 0 aromatic rings. The van der Waals surface area contributed by atoms with Gasteiger partial charge in [-0.1, -0.05) is 49.3 Å². The van der Waals surface area contributed by atoms with Crippen LogP contribution >= 0.6 is 22.6 Å². The fourth-order valence-electron chi connectivity index (χ4n) is 0.945. The first-order valence-electron chi connectivity index (χ1n) is 4.04. The molecule has 0 saturated heterocycles. The Morgan fingerprint density at radius 2 is 1.70 bits per heavy atom. The number of hydrogen-bond donors (Lipinski definition) is 1. The van der Waals surface area contributed by atoms with E-state index in [9.17, 15) is 5.11 Å². The van der Waals surface area contributed by atoms with Crippen molar-refractivity contribution in [2.45, 2.75) is 49.6 Å². The van der Waals surface area contributed by atoms with Crippen LogP contribution in [0.5, 0.6) is 0 Å². The van der Waals surface area contributed by atoms with E-state index in [4.69, 9.17) is 0 Å². The zero-order chi connectivity index (χ0) is 7.98. The molecular weight excluding hydrogens is 239 g/mol. The van der Waals surface area contributed by atoms with Crippen molar-refractivity contribution in [2.24, 2.45) is 0 Å². The highest BCUT2D eigenvalue weighted by atomic mass is 127. The van der Waals surface area contributed by atoms with E-state index < -0.39 is 0 Å². The lowest BCUT2D eigenvalue weighted by Gasteiger charge is -2.14. The summed E-state index contributed by atoms with van der Waals surface area (Å²) in [6.45, 7) is 4.27. The van der Waals surface area contributed by atoms with Crippen LogP contribution in [0.1, 0.15) is 39.5 Å². The fraction of sp³-hybridized carbons (Fsp3) is 1.00. The van der Waals surface area contributed by atoms with E-state index in [0.29, 0.717) is 3.92 Å². The lowest BCUT2D eigenvalue weighted by Crippen LogP contribution is -2.19. The van der Waals surface area contributed by atoms with Gasteiger partial charge in [-0.05, 0) is 12.8 Å². The maximum atomic E-state index is 9.44. The van der Waals surface area contributed by atoms with Crippen LogP contribution in [0.4, 0.5) is 0 Å². The molecular formula is C8H17IO. The molecule has 0 spiro atoms. The van der Waals surface area contributed by atoms with Gasteiger partial charge in [0.05, 0.1) is 6.10 Å². The second kappa shape index (κ2) is 6.40. The van der Waals surface area contributed by atoms with E-state index in [1.165, 1.54) is 6.42 Å². The predicted molar refractivity (Wildman–Crippen MR) is 53.6 cm³/mol. The molecule has 0 aliphatic carbocycles. The second-order valence-corrected chi connectivity index (χ2v) is 4.26. The molecule has 0 saturated carbocycles. The van der Waals surface area contributed by atoms with Crippen molar-refractivity contribution in [3.63, 3.8) is 0 Å². The molecule has 0 rings (SSSR count). The summed E-state index contributed by atoms with van der Waals surface area (Å²) < 4.78 is 0.461. The van der Waals surface area contributed by atoms with Gasteiger partial charge in [-0.15, -0.1) is 0 Å². The van der Waals surface area contributed by atoms with Crippen LogP contribution in [0.3, 0.4) is 0 Å². The van der Waals surface area contributed by atoms with Crippen LogP contribution < -0.4 is 0 Å². The molecule has 0 radical (unpaired) electrons. The van der Waals surface area contributed by atoms with Gasteiger partial charge in [0, 0.05) is 3.92 Å². The molecule has 2 atom stereocenters. The van der Waals surface area contributed by atoms with Gasteiger partial charge in [0.2, 0.25) is 0 Å². The Kier molecular flexibility index (Phi) is 6.85. The van der Waals surface area contributed by atoms with Crippen molar-refractivity contribution >= 4 is 22.6 Å². The molecule has 0 bridgehead atoms.